The van der Waals surface area contributed by atoms with E-state index in [9.17, 15) is 0 Å². The average Bonchev–Trinajstić information content (AvgIpc) is 1.90. The molecule has 0 aliphatic rings. The SMILES string of the molecule is C=Cc1ccc(C)cc1.[CH3]. The van der Waals surface area contributed by atoms with Gasteiger partial charge in [-0.15, -0.1) is 0 Å². The lowest BCUT2D eigenvalue weighted by atomic mass is 10.2. The Kier molecular flexibility index (Phi) is 3.48. The summed E-state index contributed by atoms with van der Waals surface area (Å²) in [5.41, 5.74) is 2.47. The van der Waals surface area contributed by atoms with Crippen molar-refractivity contribution in [1.29, 1.82) is 0 Å². The summed E-state index contributed by atoms with van der Waals surface area (Å²) >= 11 is 0. The summed E-state index contributed by atoms with van der Waals surface area (Å²) in [4.78, 5) is 0. The first-order valence-corrected chi connectivity index (χ1v) is 3.02. The Morgan fingerprint density at radius 1 is 1.20 bits per heavy atom. The predicted molar refractivity (Wildman–Crippen MR) is 47.7 cm³/mol. The Hall–Kier alpha value is -1.04. The van der Waals surface area contributed by atoms with Crippen molar-refractivity contribution in [3.63, 3.8) is 0 Å². The Morgan fingerprint density at radius 3 is 2.10 bits per heavy atom. The van der Waals surface area contributed by atoms with Crippen molar-refractivity contribution in [3.8, 4) is 0 Å². The summed E-state index contributed by atoms with van der Waals surface area (Å²) in [5, 5.41) is 0. The maximum atomic E-state index is 3.66. The molecule has 0 spiro atoms. The first-order valence-electron chi connectivity index (χ1n) is 3.02. The van der Waals surface area contributed by atoms with Crippen LogP contribution in [-0.2, 0) is 0 Å². The minimum absolute atomic E-state index is 0. The highest BCUT2D eigenvalue weighted by molar-refractivity contribution is 5.46. The number of benzene rings is 1. The van der Waals surface area contributed by atoms with E-state index in [4.69, 9.17) is 0 Å². The second-order valence-corrected chi connectivity index (χ2v) is 2.11. The Balaban J connectivity index is 0.000000810. The fourth-order valence-corrected chi connectivity index (χ4v) is 0.703. The maximum Gasteiger partial charge on any atom is -0.0262 e. The molecule has 0 unspecified atom stereocenters. The molecule has 0 saturated carbocycles. The predicted octanol–water partition coefficient (Wildman–Crippen LogP) is 3.09. The standard InChI is InChI=1S/C9H10.CH3/c1-3-9-6-4-8(2)5-7-9;/h3-7H,1H2,2H3;1H3. The van der Waals surface area contributed by atoms with Crippen LogP contribution in [0.2, 0.25) is 0 Å². The van der Waals surface area contributed by atoms with E-state index in [-0.39, 0.29) is 7.43 Å². The molecule has 1 rings (SSSR count). The van der Waals surface area contributed by atoms with E-state index >= 15 is 0 Å². The van der Waals surface area contributed by atoms with Gasteiger partial charge in [0.25, 0.3) is 0 Å². The highest BCUT2D eigenvalue weighted by atomic mass is 13.9. The van der Waals surface area contributed by atoms with Gasteiger partial charge in [0.05, 0.1) is 0 Å². The summed E-state index contributed by atoms with van der Waals surface area (Å²) in [6.07, 6.45) is 1.85. The van der Waals surface area contributed by atoms with Crippen molar-refractivity contribution in [2.24, 2.45) is 0 Å². The van der Waals surface area contributed by atoms with Crippen molar-refractivity contribution in [1.82, 2.24) is 0 Å². The molecule has 0 amide bonds. The molecule has 0 aliphatic carbocycles. The zero-order chi connectivity index (χ0) is 6.69. The van der Waals surface area contributed by atoms with Crippen LogP contribution in [-0.4, -0.2) is 0 Å². The van der Waals surface area contributed by atoms with Gasteiger partial charge in [-0.25, -0.2) is 0 Å². The molecular weight excluding hydrogens is 120 g/mol. The molecule has 0 bridgehead atoms. The Morgan fingerprint density at radius 2 is 1.70 bits per heavy atom. The van der Waals surface area contributed by atoms with Gasteiger partial charge in [-0.05, 0) is 12.5 Å². The van der Waals surface area contributed by atoms with Crippen LogP contribution in [0.15, 0.2) is 30.8 Å². The molecule has 10 heavy (non-hydrogen) atoms. The van der Waals surface area contributed by atoms with Crippen LogP contribution in [0.3, 0.4) is 0 Å². The van der Waals surface area contributed by atoms with Gasteiger partial charge in [0.2, 0.25) is 0 Å². The highest BCUT2D eigenvalue weighted by Crippen LogP contribution is 2.02. The molecule has 1 aromatic rings. The molecule has 0 saturated heterocycles. The van der Waals surface area contributed by atoms with Crippen molar-refractivity contribution in [2.75, 3.05) is 0 Å². The summed E-state index contributed by atoms with van der Waals surface area (Å²) in [7, 11) is 0. The topological polar surface area (TPSA) is 0 Å². The van der Waals surface area contributed by atoms with E-state index in [2.05, 4.69) is 37.8 Å². The van der Waals surface area contributed by atoms with E-state index < -0.39 is 0 Å². The summed E-state index contributed by atoms with van der Waals surface area (Å²) in [6, 6.07) is 8.28. The number of hydrogen-bond acceptors (Lipinski definition) is 0. The normalized spacial score (nSPS) is 8.10. The summed E-state index contributed by atoms with van der Waals surface area (Å²) in [6.45, 7) is 5.74. The lowest BCUT2D eigenvalue weighted by Gasteiger charge is -1.91. The molecule has 0 atom stereocenters. The number of rotatable bonds is 1. The third-order valence-electron chi connectivity index (χ3n) is 1.31. The van der Waals surface area contributed by atoms with Crippen LogP contribution in [0, 0.1) is 14.4 Å². The molecule has 0 aromatic heterocycles. The molecule has 0 heteroatoms. The molecule has 0 aliphatic heterocycles. The van der Waals surface area contributed by atoms with Gasteiger partial charge >= 0.3 is 0 Å². The number of hydrogen-bond donors (Lipinski definition) is 0. The molecule has 1 radical (unpaired) electrons. The molecular formula is C10H13. The smallest absolute Gasteiger partial charge is 0.0262 e. The molecule has 53 valence electrons. The molecule has 0 heterocycles. The van der Waals surface area contributed by atoms with E-state index in [0.29, 0.717) is 0 Å². The number of aryl methyl sites for hydroxylation is 1. The molecule has 0 nitrogen and oxygen atoms in total. The van der Waals surface area contributed by atoms with Crippen LogP contribution in [0.1, 0.15) is 11.1 Å². The van der Waals surface area contributed by atoms with Gasteiger partial charge in [0.15, 0.2) is 0 Å². The van der Waals surface area contributed by atoms with Crippen LogP contribution >= 0.6 is 0 Å². The summed E-state index contributed by atoms with van der Waals surface area (Å²) < 4.78 is 0. The van der Waals surface area contributed by atoms with E-state index in [1.54, 1.807) is 0 Å². The van der Waals surface area contributed by atoms with Crippen molar-refractivity contribution >= 4 is 6.08 Å². The monoisotopic (exact) mass is 133 g/mol. The quantitative estimate of drug-likeness (QED) is 0.552. The first kappa shape index (κ1) is 8.96. The van der Waals surface area contributed by atoms with Crippen molar-refractivity contribution in [3.05, 3.63) is 49.4 Å². The van der Waals surface area contributed by atoms with E-state index in [0.717, 1.165) is 0 Å². The third-order valence-corrected chi connectivity index (χ3v) is 1.31. The van der Waals surface area contributed by atoms with Gasteiger partial charge < -0.3 is 0 Å². The first-order chi connectivity index (χ1) is 4.33. The second-order valence-electron chi connectivity index (χ2n) is 2.11. The molecule has 1 aromatic carbocycles. The van der Waals surface area contributed by atoms with Gasteiger partial charge in [-0.1, -0.05) is 49.9 Å². The fraction of sp³-hybridized carbons (Fsp3) is 0.100. The van der Waals surface area contributed by atoms with Crippen LogP contribution in [0.4, 0.5) is 0 Å². The van der Waals surface area contributed by atoms with E-state index in [1.165, 1.54) is 11.1 Å². The maximum absolute atomic E-state index is 3.66. The van der Waals surface area contributed by atoms with Gasteiger partial charge in [-0.3, -0.25) is 0 Å². The fourth-order valence-electron chi connectivity index (χ4n) is 0.703. The van der Waals surface area contributed by atoms with Gasteiger partial charge in [0.1, 0.15) is 0 Å². The zero-order valence-electron chi connectivity index (χ0n) is 6.59. The minimum Gasteiger partial charge on any atom is -0.0985 e. The minimum atomic E-state index is 0. The van der Waals surface area contributed by atoms with Crippen LogP contribution in [0.5, 0.6) is 0 Å². The van der Waals surface area contributed by atoms with Crippen LogP contribution in [0.25, 0.3) is 6.08 Å². The van der Waals surface area contributed by atoms with Crippen molar-refractivity contribution in [2.45, 2.75) is 6.92 Å². The Labute approximate surface area is 63.2 Å². The second kappa shape index (κ2) is 3.89. The van der Waals surface area contributed by atoms with E-state index in [1.807, 2.05) is 6.08 Å². The Bertz CT molecular complexity index is 194. The van der Waals surface area contributed by atoms with Crippen molar-refractivity contribution < 1.29 is 0 Å². The average molecular weight is 133 g/mol. The molecule has 0 fully saturated rings. The van der Waals surface area contributed by atoms with Gasteiger partial charge in [0, 0.05) is 0 Å². The summed E-state index contributed by atoms with van der Waals surface area (Å²) in [5.74, 6) is 0. The highest BCUT2D eigenvalue weighted by Gasteiger charge is 1.82. The van der Waals surface area contributed by atoms with Crippen LogP contribution < -0.4 is 0 Å². The van der Waals surface area contributed by atoms with Gasteiger partial charge in [-0.2, -0.15) is 0 Å². The largest absolute Gasteiger partial charge is 0.0985 e. The molecule has 0 N–H and O–H groups in total. The zero-order valence-corrected chi connectivity index (χ0v) is 6.59. The lowest BCUT2D eigenvalue weighted by molar-refractivity contribution is 1.46. The third kappa shape index (κ3) is 2.06. The lowest BCUT2D eigenvalue weighted by Crippen LogP contribution is -1.71.